The lowest BCUT2D eigenvalue weighted by atomic mass is 9.97. The first-order valence-corrected chi connectivity index (χ1v) is 8.71. The highest BCUT2D eigenvalue weighted by Crippen LogP contribution is 2.24. The Hall–Kier alpha value is -1.68. The van der Waals surface area contributed by atoms with Gasteiger partial charge in [0.1, 0.15) is 0 Å². The summed E-state index contributed by atoms with van der Waals surface area (Å²) < 4.78 is 0. The number of hydrogen-bond donors (Lipinski definition) is 1. The second-order valence-electron chi connectivity index (χ2n) is 6.77. The van der Waals surface area contributed by atoms with Crippen molar-refractivity contribution in [3.8, 4) is 0 Å². The van der Waals surface area contributed by atoms with Crippen molar-refractivity contribution in [3.63, 3.8) is 0 Å². The Balaban J connectivity index is 1.50. The van der Waals surface area contributed by atoms with Crippen LogP contribution in [0.2, 0.25) is 0 Å². The number of nitrogens with zero attached hydrogens (tertiary/aromatic N) is 1. The fourth-order valence-corrected chi connectivity index (χ4v) is 3.63. The fourth-order valence-electron chi connectivity index (χ4n) is 3.63. The molecule has 3 rings (SSSR count). The van der Waals surface area contributed by atoms with Gasteiger partial charge in [-0.1, -0.05) is 12.1 Å². The molecule has 0 saturated carbocycles. The van der Waals surface area contributed by atoms with E-state index in [9.17, 15) is 9.59 Å². The summed E-state index contributed by atoms with van der Waals surface area (Å²) in [5, 5.41) is 9.14. The Morgan fingerprint density at radius 3 is 2.57 bits per heavy atom. The maximum absolute atomic E-state index is 12.3. The van der Waals surface area contributed by atoms with Crippen LogP contribution in [0.4, 0.5) is 0 Å². The van der Waals surface area contributed by atoms with Gasteiger partial charge < -0.3 is 10.0 Å². The number of carbonyl (C=O) groups is 2. The number of aryl methyl sites for hydroxylation is 2. The van der Waals surface area contributed by atoms with Gasteiger partial charge in [-0.2, -0.15) is 0 Å². The van der Waals surface area contributed by atoms with Gasteiger partial charge in [-0.3, -0.25) is 9.59 Å². The highest BCUT2D eigenvalue weighted by molar-refractivity contribution is 5.98. The van der Waals surface area contributed by atoms with Crippen LogP contribution in [0.15, 0.2) is 18.2 Å². The second kappa shape index (κ2) is 7.26. The summed E-state index contributed by atoms with van der Waals surface area (Å²) in [4.78, 5) is 26.4. The molecule has 4 heteroatoms. The quantitative estimate of drug-likeness (QED) is 0.849. The van der Waals surface area contributed by atoms with Crippen LogP contribution in [-0.4, -0.2) is 41.4 Å². The third-order valence-electron chi connectivity index (χ3n) is 5.21. The summed E-state index contributed by atoms with van der Waals surface area (Å²) in [5.41, 5.74) is 3.41. The Kier molecular flexibility index (Phi) is 5.11. The van der Waals surface area contributed by atoms with Gasteiger partial charge in [-0.05, 0) is 55.2 Å². The Bertz CT molecular complexity index is 588. The maximum Gasteiger partial charge on any atom is 0.223 e. The SMILES string of the molecule is O=C(CCC(=O)N1CCC(CO)CC1)c1ccc2c(c1)CCC2. The van der Waals surface area contributed by atoms with Crippen LogP contribution in [0.5, 0.6) is 0 Å². The number of hydrogen-bond acceptors (Lipinski definition) is 3. The topological polar surface area (TPSA) is 57.6 Å². The molecule has 1 heterocycles. The van der Waals surface area contributed by atoms with Crippen molar-refractivity contribution in [1.29, 1.82) is 0 Å². The first-order chi connectivity index (χ1) is 11.2. The summed E-state index contributed by atoms with van der Waals surface area (Å²) >= 11 is 0. The summed E-state index contributed by atoms with van der Waals surface area (Å²) in [6.07, 6.45) is 5.66. The minimum absolute atomic E-state index is 0.0656. The monoisotopic (exact) mass is 315 g/mol. The average Bonchev–Trinajstić information content (AvgIpc) is 3.07. The maximum atomic E-state index is 12.3. The van der Waals surface area contributed by atoms with E-state index in [-0.39, 0.29) is 24.7 Å². The van der Waals surface area contributed by atoms with Crippen LogP contribution in [0.3, 0.4) is 0 Å². The van der Waals surface area contributed by atoms with Crippen molar-refractivity contribution < 1.29 is 14.7 Å². The number of likely N-dealkylation sites (tertiary alicyclic amines) is 1. The van der Waals surface area contributed by atoms with Crippen LogP contribution in [0.1, 0.15) is 53.6 Å². The molecule has 124 valence electrons. The van der Waals surface area contributed by atoms with Crippen LogP contribution in [0, 0.1) is 5.92 Å². The molecule has 1 aliphatic carbocycles. The molecule has 23 heavy (non-hydrogen) atoms. The largest absolute Gasteiger partial charge is 0.396 e. The first-order valence-electron chi connectivity index (χ1n) is 8.71. The third kappa shape index (κ3) is 3.81. The van der Waals surface area contributed by atoms with Crippen molar-refractivity contribution in [2.45, 2.75) is 44.9 Å². The zero-order valence-corrected chi connectivity index (χ0v) is 13.6. The predicted octanol–water partition coefficient (Wildman–Crippen LogP) is 2.37. The third-order valence-corrected chi connectivity index (χ3v) is 5.21. The lowest BCUT2D eigenvalue weighted by molar-refractivity contribution is -0.132. The summed E-state index contributed by atoms with van der Waals surface area (Å²) in [6, 6.07) is 5.99. The predicted molar refractivity (Wildman–Crippen MR) is 88.4 cm³/mol. The van der Waals surface area contributed by atoms with Gasteiger partial charge in [0.2, 0.25) is 5.91 Å². The number of aliphatic hydroxyl groups is 1. The number of carbonyl (C=O) groups excluding carboxylic acids is 2. The molecule has 1 fully saturated rings. The van der Waals surface area contributed by atoms with Crippen molar-refractivity contribution >= 4 is 11.7 Å². The number of aliphatic hydroxyl groups excluding tert-OH is 1. The van der Waals surface area contributed by atoms with Gasteiger partial charge in [0, 0.05) is 38.1 Å². The van der Waals surface area contributed by atoms with E-state index in [0.717, 1.165) is 31.2 Å². The highest BCUT2D eigenvalue weighted by Gasteiger charge is 2.23. The molecule has 2 aliphatic rings. The molecule has 0 radical (unpaired) electrons. The van der Waals surface area contributed by atoms with Gasteiger partial charge in [0.25, 0.3) is 0 Å². The molecule has 0 bridgehead atoms. The molecule has 1 saturated heterocycles. The van der Waals surface area contributed by atoms with Gasteiger partial charge in [0.15, 0.2) is 5.78 Å². The van der Waals surface area contributed by atoms with Gasteiger partial charge in [0.05, 0.1) is 0 Å². The van der Waals surface area contributed by atoms with Gasteiger partial charge in [-0.25, -0.2) is 0 Å². The van der Waals surface area contributed by atoms with Crippen molar-refractivity contribution in [3.05, 3.63) is 34.9 Å². The minimum Gasteiger partial charge on any atom is -0.396 e. The summed E-state index contributed by atoms with van der Waals surface area (Å²) in [7, 11) is 0. The van der Waals surface area contributed by atoms with E-state index in [2.05, 4.69) is 6.07 Å². The molecule has 1 amide bonds. The van der Waals surface area contributed by atoms with Gasteiger partial charge >= 0.3 is 0 Å². The number of rotatable bonds is 5. The minimum atomic E-state index is 0.0656. The molecule has 0 aromatic heterocycles. The highest BCUT2D eigenvalue weighted by atomic mass is 16.3. The number of amides is 1. The molecule has 0 spiro atoms. The smallest absolute Gasteiger partial charge is 0.223 e. The van der Waals surface area contributed by atoms with E-state index < -0.39 is 0 Å². The number of fused-ring (bicyclic) bond motifs is 1. The molecule has 0 atom stereocenters. The molecule has 1 aromatic carbocycles. The molecular formula is C19H25NO3. The number of benzene rings is 1. The van der Waals surface area contributed by atoms with E-state index in [1.807, 2.05) is 17.0 Å². The van der Waals surface area contributed by atoms with Crippen LogP contribution in [-0.2, 0) is 17.6 Å². The Labute approximate surface area is 137 Å². The second-order valence-corrected chi connectivity index (χ2v) is 6.77. The number of Topliss-reactive ketones (excluding diaryl/α,β-unsaturated/α-hetero) is 1. The van der Waals surface area contributed by atoms with Crippen LogP contribution in [0.25, 0.3) is 0 Å². The summed E-state index contributed by atoms with van der Waals surface area (Å²) in [6.45, 7) is 1.62. The number of ketones is 1. The fraction of sp³-hybridized carbons (Fsp3) is 0.579. The van der Waals surface area contributed by atoms with E-state index in [4.69, 9.17) is 5.11 Å². The van der Waals surface area contributed by atoms with E-state index >= 15 is 0 Å². The van der Waals surface area contributed by atoms with E-state index in [1.54, 1.807) is 0 Å². The normalized spacial score (nSPS) is 18.0. The van der Waals surface area contributed by atoms with Crippen molar-refractivity contribution in [1.82, 2.24) is 4.90 Å². The van der Waals surface area contributed by atoms with Gasteiger partial charge in [-0.15, -0.1) is 0 Å². The van der Waals surface area contributed by atoms with Crippen molar-refractivity contribution in [2.75, 3.05) is 19.7 Å². The number of piperidine rings is 1. The Morgan fingerprint density at radius 1 is 1.09 bits per heavy atom. The molecule has 0 unspecified atom stereocenters. The average molecular weight is 315 g/mol. The lowest BCUT2D eigenvalue weighted by Gasteiger charge is -2.31. The van der Waals surface area contributed by atoms with Crippen LogP contribution >= 0.6 is 0 Å². The molecule has 1 N–H and O–H groups in total. The standard InChI is InChI=1S/C19H25NO3/c21-13-14-8-10-20(11-9-14)19(23)7-6-18(22)17-5-4-15-2-1-3-16(15)12-17/h4-5,12,14,21H,1-3,6-11,13H2. The molecule has 1 aliphatic heterocycles. The van der Waals surface area contributed by atoms with Crippen molar-refractivity contribution in [2.24, 2.45) is 5.92 Å². The first kappa shape index (κ1) is 16.2. The molecule has 4 nitrogen and oxygen atoms in total. The molecule has 1 aromatic rings. The zero-order valence-electron chi connectivity index (χ0n) is 13.6. The van der Waals surface area contributed by atoms with E-state index in [1.165, 1.54) is 17.5 Å². The van der Waals surface area contributed by atoms with E-state index in [0.29, 0.717) is 25.4 Å². The lowest BCUT2D eigenvalue weighted by Crippen LogP contribution is -2.39. The zero-order chi connectivity index (χ0) is 16.2. The Morgan fingerprint density at radius 2 is 1.83 bits per heavy atom. The van der Waals surface area contributed by atoms with Crippen LogP contribution < -0.4 is 0 Å². The molecular weight excluding hydrogens is 290 g/mol. The summed E-state index contributed by atoms with van der Waals surface area (Å²) in [5.74, 6) is 0.460.